The van der Waals surface area contributed by atoms with Gasteiger partial charge in [-0.05, 0) is 70.8 Å². The van der Waals surface area contributed by atoms with Crippen molar-refractivity contribution in [3.8, 4) is 34.5 Å². The zero-order chi connectivity index (χ0) is 50.8. The van der Waals surface area contributed by atoms with Gasteiger partial charge in [0.1, 0.15) is 85.3 Å². The Hall–Kier alpha value is -4.02. The maximum atomic E-state index is 6.72. The highest BCUT2D eigenvalue weighted by molar-refractivity contribution is 5.34. The molecule has 0 aliphatic heterocycles. The maximum absolute atomic E-state index is 6.72. The van der Waals surface area contributed by atoms with Crippen LogP contribution in [0.4, 0.5) is 0 Å². The summed E-state index contributed by atoms with van der Waals surface area (Å²) in [5.41, 5.74) is 0. The summed E-state index contributed by atoms with van der Waals surface area (Å²) in [5.74, 6) is 3.86. The van der Waals surface area contributed by atoms with Gasteiger partial charge in [0.15, 0.2) is 6.29 Å². The van der Waals surface area contributed by atoms with Gasteiger partial charge in [-0.15, -0.1) is 0 Å². The van der Waals surface area contributed by atoms with Crippen molar-refractivity contribution in [2.24, 2.45) is 0 Å². The van der Waals surface area contributed by atoms with E-state index in [1.165, 1.54) is 0 Å². The highest BCUT2D eigenvalue weighted by Crippen LogP contribution is 2.23. The van der Waals surface area contributed by atoms with Gasteiger partial charge in [-0.25, -0.2) is 0 Å². The average Bonchev–Trinajstić information content (AvgIpc) is 3.39. The third-order valence-electron chi connectivity index (χ3n) is 11.5. The molecule has 3 N–H and O–H groups in total. The summed E-state index contributed by atoms with van der Waals surface area (Å²) in [6.45, 7) is 7.90. The van der Waals surface area contributed by atoms with E-state index in [2.05, 4.69) is 29.8 Å². The van der Waals surface area contributed by atoms with Crippen molar-refractivity contribution >= 4 is 0 Å². The van der Waals surface area contributed by atoms with E-state index in [0.29, 0.717) is 86.9 Å². The Bertz CT molecular complexity index is 1750. The summed E-state index contributed by atoms with van der Waals surface area (Å²) < 4.78 is 88.1. The molecular weight excluding hydrogens is 907 g/mol. The molecule has 3 rings (SSSR count). The van der Waals surface area contributed by atoms with E-state index in [1.807, 2.05) is 86.9 Å². The normalized spacial score (nSPS) is 15.1. The van der Waals surface area contributed by atoms with Crippen molar-refractivity contribution in [1.29, 1.82) is 0 Å². The van der Waals surface area contributed by atoms with Crippen LogP contribution in [-0.4, -0.2) is 191 Å². The van der Waals surface area contributed by atoms with Crippen LogP contribution in [0.5, 0.6) is 34.5 Å². The first-order valence-electron chi connectivity index (χ1n) is 24.1. The molecule has 0 amide bonds. The number of ether oxygens (including phenoxy) is 15. The van der Waals surface area contributed by atoms with Crippen LogP contribution in [-0.2, 0) is 42.6 Å². The van der Waals surface area contributed by atoms with Crippen molar-refractivity contribution in [1.82, 2.24) is 16.0 Å². The van der Waals surface area contributed by atoms with E-state index in [9.17, 15) is 0 Å². The second-order valence-electron chi connectivity index (χ2n) is 16.8. The minimum Gasteiger partial charge on any atom is -0.493 e. The molecule has 0 saturated carbocycles. The summed E-state index contributed by atoms with van der Waals surface area (Å²) in [6, 6.07) is 23.1. The first-order chi connectivity index (χ1) is 34.1. The molecule has 0 aromatic heterocycles. The fraction of sp³-hybridized carbons (Fsp3) is 0.654. The van der Waals surface area contributed by atoms with Crippen LogP contribution < -0.4 is 44.4 Å². The van der Waals surface area contributed by atoms with E-state index in [0.717, 1.165) is 6.42 Å². The molecule has 0 bridgehead atoms. The van der Waals surface area contributed by atoms with Crippen molar-refractivity contribution in [3.05, 3.63) is 72.8 Å². The highest BCUT2D eigenvalue weighted by atomic mass is 16.7. The standard InChI is InChI=1S/C52H85N3O15/c1-38(53-3)25-51(39(2)54-4)55-29-47(32-65-42-17-13-16-41(27-42)64-24-22-52(61-10)62-11)69-37-50(36-68-45-20-14-19-44(28-45)66-33-48(59-8)31-57-6)70-35-49(60-9)34-67-43-18-12-15-40(26-43)63-23-21-46(58-7)30-56-5/h12-20,26-28,38-39,46-55H,21-25,29-37H2,1-11H3. The van der Waals surface area contributed by atoms with Crippen LogP contribution in [0, 0.1) is 0 Å². The fourth-order valence-electron chi connectivity index (χ4n) is 6.88. The van der Waals surface area contributed by atoms with E-state index in [4.69, 9.17) is 71.1 Å². The number of nitrogens with one attached hydrogen (secondary N) is 3. The third kappa shape index (κ3) is 24.9. The molecule has 0 heterocycles. The predicted octanol–water partition coefficient (Wildman–Crippen LogP) is 5.43. The van der Waals surface area contributed by atoms with E-state index >= 15 is 0 Å². The smallest absolute Gasteiger partial charge is 0.160 e. The summed E-state index contributed by atoms with van der Waals surface area (Å²) in [7, 11) is 15.4. The largest absolute Gasteiger partial charge is 0.493 e. The zero-order valence-electron chi connectivity index (χ0n) is 43.6. The van der Waals surface area contributed by atoms with E-state index in [1.54, 1.807) is 49.8 Å². The Morgan fingerprint density at radius 3 is 1.30 bits per heavy atom. The molecule has 0 fully saturated rings. The number of hydrogen-bond donors (Lipinski definition) is 3. The Labute approximate surface area is 417 Å². The number of methoxy groups -OCH3 is 7. The summed E-state index contributed by atoms with van der Waals surface area (Å²) >= 11 is 0. The molecule has 18 nitrogen and oxygen atoms in total. The quantitative estimate of drug-likeness (QED) is 0.0612. The molecule has 8 atom stereocenters. The molecular formula is C52H85N3O15. The fourth-order valence-corrected chi connectivity index (χ4v) is 6.88. The van der Waals surface area contributed by atoms with E-state index < -0.39 is 18.3 Å². The third-order valence-corrected chi connectivity index (χ3v) is 11.5. The van der Waals surface area contributed by atoms with Crippen LogP contribution in [0.2, 0.25) is 0 Å². The lowest BCUT2D eigenvalue weighted by atomic mass is 10.0. The van der Waals surface area contributed by atoms with Gasteiger partial charge in [-0.1, -0.05) is 18.2 Å². The topological polar surface area (TPSA) is 175 Å². The molecule has 8 unspecified atom stereocenters. The first-order valence-corrected chi connectivity index (χ1v) is 24.1. The zero-order valence-corrected chi connectivity index (χ0v) is 43.6. The number of benzene rings is 3. The molecule has 70 heavy (non-hydrogen) atoms. The lowest BCUT2D eigenvalue weighted by molar-refractivity contribution is -0.110. The van der Waals surface area contributed by atoms with Crippen molar-refractivity contribution in [3.63, 3.8) is 0 Å². The monoisotopic (exact) mass is 992 g/mol. The molecule has 18 heteroatoms. The van der Waals surface area contributed by atoms with Gasteiger partial charge < -0.3 is 87.0 Å². The SMILES string of the molecule is CNC(C)CC(NCC(COc1cccc(OCCC(OC)OC)c1)OCC(COc1cccc(OCC(COC)OC)c1)OCC(COc1cccc(OCCC(COC)OC)c1)OC)C(C)NC. The van der Waals surface area contributed by atoms with Gasteiger partial charge in [-0.2, -0.15) is 0 Å². The Balaban J connectivity index is 1.78. The Morgan fingerprint density at radius 1 is 0.429 bits per heavy atom. The second kappa shape index (κ2) is 36.8. The minimum atomic E-state index is -0.536. The molecule has 398 valence electrons. The van der Waals surface area contributed by atoms with Crippen LogP contribution in [0.15, 0.2) is 72.8 Å². The van der Waals surface area contributed by atoms with Crippen LogP contribution in [0.25, 0.3) is 0 Å². The molecule has 0 saturated heterocycles. The Kier molecular flexibility index (Phi) is 31.7. The second-order valence-corrected chi connectivity index (χ2v) is 16.8. The summed E-state index contributed by atoms with van der Waals surface area (Å²) in [4.78, 5) is 0. The lowest BCUT2D eigenvalue weighted by Gasteiger charge is -2.30. The number of rotatable bonds is 43. The molecule has 0 aliphatic carbocycles. The van der Waals surface area contributed by atoms with Gasteiger partial charge in [-0.3, -0.25) is 0 Å². The van der Waals surface area contributed by atoms with Crippen molar-refractivity contribution < 1.29 is 71.1 Å². The lowest BCUT2D eigenvalue weighted by Crippen LogP contribution is -2.51. The van der Waals surface area contributed by atoms with Crippen LogP contribution >= 0.6 is 0 Å². The predicted molar refractivity (Wildman–Crippen MR) is 268 cm³/mol. The number of hydrogen-bond acceptors (Lipinski definition) is 18. The summed E-state index contributed by atoms with van der Waals surface area (Å²) in [5, 5.41) is 10.5. The first kappa shape index (κ1) is 60.3. The van der Waals surface area contributed by atoms with Crippen molar-refractivity contribution in [2.45, 2.75) is 88.0 Å². The highest BCUT2D eigenvalue weighted by Gasteiger charge is 2.23. The van der Waals surface area contributed by atoms with E-state index in [-0.39, 0.29) is 69.7 Å². The van der Waals surface area contributed by atoms with Gasteiger partial charge in [0.2, 0.25) is 0 Å². The average molecular weight is 992 g/mol. The Morgan fingerprint density at radius 2 is 0.843 bits per heavy atom. The van der Waals surface area contributed by atoms with Gasteiger partial charge in [0.05, 0.1) is 45.7 Å². The molecule has 3 aromatic carbocycles. The van der Waals surface area contributed by atoms with Gasteiger partial charge >= 0.3 is 0 Å². The maximum Gasteiger partial charge on any atom is 0.160 e. The summed E-state index contributed by atoms with van der Waals surface area (Å²) in [6.07, 6.45) is 0.162. The molecule has 0 radical (unpaired) electrons. The van der Waals surface area contributed by atoms with Crippen molar-refractivity contribution in [2.75, 3.05) is 136 Å². The van der Waals surface area contributed by atoms with Crippen LogP contribution in [0.1, 0.15) is 33.1 Å². The minimum absolute atomic E-state index is 0.0514. The molecule has 3 aromatic rings. The van der Waals surface area contributed by atoms with Gasteiger partial charge in [0, 0.05) is 105 Å². The molecule has 0 spiro atoms. The van der Waals surface area contributed by atoms with Crippen LogP contribution in [0.3, 0.4) is 0 Å². The molecule has 0 aliphatic rings. The van der Waals surface area contributed by atoms with Gasteiger partial charge in [0.25, 0.3) is 0 Å². The number of likely N-dealkylation sites (N-methyl/N-ethyl adjacent to an activating group) is 1.